The van der Waals surface area contributed by atoms with Gasteiger partial charge in [0, 0.05) is 34.5 Å². The number of rotatable bonds is 4. The molecular weight excluding hydrogens is 581 g/mol. The zero-order chi connectivity index (χ0) is 31.6. The first-order chi connectivity index (χ1) is 23.8. The van der Waals surface area contributed by atoms with Crippen molar-refractivity contribution in [3.05, 3.63) is 193 Å². The van der Waals surface area contributed by atoms with Crippen LogP contribution in [0.4, 0.5) is 22.7 Å². The van der Waals surface area contributed by atoms with Crippen LogP contribution in [0.5, 0.6) is 0 Å². The van der Waals surface area contributed by atoms with Gasteiger partial charge in [0.05, 0.1) is 17.8 Å². The minimum atomic E-state index is 0.228. The summed E-state index contributed by atoms with van der Waals surface area (Å²) in [6.07, 6.45) is 18.3. The molecule has 0 N–H and O–H groups in total. The van der Waals surface area contributed by atoms with Gasteiger partial charge in [-0.15, -0.1) is 0 Å². The molecule has 2 aliphatic carbocycles. The lowest BCUT2D eigenvalue weighted by Crippen LogP contribution is -2.28. The second-order valence-electron chi connectivity index (χ2n) is 13.3. The quantitative estimate of drug-likeness (QED) is 0.195. The van der Waals surface area contributed by atoms with Crippen LogP contribution in [-0.4, -0.2) is 12.1 Å². The predicted molar refractivity (Wildman–Crippen MR) is 202 cm³/mol. The summed E-state index contributed by atoms with van der Waals surface area (Å²) in [4.78, 5) is 5.12. The van der Waals surface area contributed by atoms with Crippen LogP contribution in [0.15, 0.2) is 182 Å². The maximum Gasteiger partial charge on any atom is 0.0629 e. The van der Waals surface area contributed by atoms with E-state index in [-0.39, 0.29) is 12.1 Å². The van der Waals surface area contributed by atoms with Gasteiger partial charge in [-0.05, 0) is 75.0 Å². The molecule has 228 valence electrons. The number of fused-ring (bicyclic) bond motifs is 7. The first-order valence-electron chi connectivity index (χ1n) is 17.0. The Balaban J connectivity index is 1.12. The zero-order valence-electron chi connectivity index (χ0n) is 26.5. The number of anilines is 4. The number of nitrogens with zero attached hydrogens (tertiary/aromatic N) is 2. The summed E-state index contributed by atoms with van der Waals surface area (Å²) in [5.41, 5.74) is 12.9. The van der Waals surface area contributed by atoms with E-state index >= 15 is 0 Å². The fourth-order valence-corrected chi connectivity index (χ4v) is 8.51. The van der Waals surface area contributed by atoms with Crippen LogP contribution in [0.1, 0.15) is 23.0 Å². The fourth-order valence-electron chi connectivity index (χ4n) is 8.51. The van der Waals surface area contributed by atoms with E-state index in [2.05, 4.69) is 192 Å². The Kier molecular flexibility index (Phi) is 6.17. The molecule has 0 fully saturated rings. The summed E-state index contributed by atoms with van der Waals surface area (Å²) in [5, 5.41) is 2.54. The van der Waals surface area contributed by atoms with E-state index in [1.807, 2.05) is 0 Å². The number of allylic oxidation sites excluding steroid dienone is 4. The summed E-state index contributed by atoms with van der Waals surface area (Å²) in [6, 6.07) is 49.9. The Morgan fingerprint density at radius 3 is 1.94 bits per heavy atom. The molecule has 0 aromatic heterocycles. The van der Waals surface area contributed by atoms with Crippen LogP contribution in [0.25, 0.3) is 33.0 Å². The van der Waals surface area contributed by atoms with Crippen molar-refractivity contribution >= 4 is 33.5 Å². The SMILES string of the molecule is C1=CC2c3cc(-c4cccc5c4N(c4cccc(-c6ccccc6)c4)C4C=CC=CC54)ccc3N(c3ccc4ccccc4c3)C2C=C1. The smallest absolute Gasteiger partial charge is 0.0629 e. The Morgan fingerprint density at radius 1 is 0.396 bits per heavy atom. The van der Waals surface area contributed by atoms with Crippen LogP contribution in [0.3, 0.4) is 0 Å². The van der Waals surface area contributed by atoms with Gasteiger partial charge >= 0.3 is 0 Å². The fraction of sp³-hybridized carbons (Fsp3) is 0.0870. The van der Waals surface area contributed by atoms with Crippen molar-refractivity contribution in [1.82, 2.24) is 0 Å². The Hall–Kier alpha value is -5.86. The van der Waals surface area contributed by atoms with Gasteiger partial charge in [0.1, 0.15) is 0 Å². The summed E-state index contributed by atoms with van der Waals surface area (Å²) < 4.78 is 0. The molecule has 4 unspecified atom stereocenters. The Morgan fingerprint density at radius 2 is 1.08 bits per heavy atom. The predicted octanol–water partition coefficient (Wildman–Crippen LogP) is 11.6. The molecule has 0 saturated carbocycles. The first-order valence-corrected chi connectivity index (χ1v) is 17.0. The summed E-state index contributed by atoms with van der Waals surface area (Å²) in [5.74, 6) is 0.597. The summed E-state index contributed by atoms with van der Waals surface area (Å²) >= 11 is 0. The maximum absolute atomic E-state index is 2.59. The van der Waals surface area contributed by atoms with E-state index in [4.69, 9.17) is 0 Å². The molecule has 6 aromatic carbocycles. The van der Waals surface area contributed by atoms with Crippen LogP contribution in [-0.2, 0) is 0 Å². The number of hydrogen-bond acceptors (Lipinski definition) is 2. The van der Waals surface area contributed by atoms with Gasteiger partial charge in [0.15, 0.2) is 0 Å². The number of para-hydroxylation sites is 1. The monoisotopic (exact) mass is 614 g/mol. The van der Waals surface area contributed by atoms with Crippen molar-refractivity contribution in [2.24, 2.45) is 0 Å². The maximum atomic E-state index is 2.59. The van der Waals surface area contributed by atoms with Gasteiger partial charge in [-0.3, -0.25) is 0 Å². The summed E-state index contributed by atoms with van der Waals surface area (Å²) in [6.45, 7) is 0. The third-order valence-electron chi connectivity index (χ3n) is 10.7. The molecule has 0 amide bonds. The molecule has 10 rings (SSSR count). The molecule has 0 radical (unpaired) electrons. The first kappa shape index (κ1) is 27.3. The van der Waals surface area contributed by atoms with Gasteiger partial charge in [0.2, 0.25) is 0 Å². The normalized spacial score (nSPS) is 21.3. The topological polar surface area (TPSA) is 6.48 Å². The number of benzene rings is 6. The highest BCUT2D eigenvalue weighted by atomic mass is 15.2. The van der Waals surface area contributed by atoms with E-state index in [0.29, 0.717) is 11.8 Å². The van der Waals surface area contributed by atoms with Gasteiger partial charge in [-0.2, -0.15) is 0 Å². The molecule has 4 atom stereocenters. The summed E-state index contributed by atoms with van der Waals surface area (Å²) in [7, 11) is 0. The van der Waals surface area contributed by atoms with Crippen LogP contribution in [0, 0.1) is 0 Å². The van der Waals surface area contributed by atoms with E-state index in [9.17, 15) is 0 Å². The highest BCUT2D eigenvalue weighted by molar-refractivity contribution is 5.92. The third kappa shape index (κ3) is 4.19. The van der Waals surface area contributed by atoms with Gasteiger partial charge < -0.3 is 9.80 Å². The van der Waals surface area contributed by atoms with E-state index < -0.39 is 0 Å². The molecule has 2 nitrogen and oxygen atoms in total. The lowest BCUT2D eigenvalue weighted by Gasteiger charge is -2.30. The van der Waals surface area contributed by atoms with Crippen molar-refractivity contribution in [3.63, 3.8) is 0 Å². The molecular formula is C46H34N2. The molecule has 4 aliphatic rings. The van der Waals surface area contributed by atoms with E-state index in [1.165, 1.54) is 66.9 Å². The highest BCUT2D eigenvalue weighted by Crippen LogP contribution is 2.54. The largest absolute Gasteiger partial charge is 0.333 e. The second-order valence-corrected chi connectivity index (χ2v) is 13.3. The molecule has 0 saturated heterocycles. The van der Waals surface area contributed by atoms with Crippen LogP contribution < -0.4 is 9.80 Å². The molecule has 0 spiro atoms. The Bertz CT molecular complexity index is 2340. The zero-order valence-corrected chi connectivity index (χ0v) is 26.5. The minimum Gasteiger partial charge on any atom is -0.333 e. The second kappa shape index (κ2) is 10.9. The average Bonchev–Trinajstić information content (AvgIpc) is 3.68. The standard InChI is InChI=1S/C46H34N2/c1-2-12-31(13-3-1)34-16-10-17-36(28-34)48-44-23-9-6-18-39(44)41-21-11-20-38(46(41)48)35-25-27-45-42(30-35)40-19-7-8-22-43(40)47(45)37-26-24-32-14-4-5-15-33(32)29-37/h1-30,39-40,43-44H. The Labute approximate surface area is 281 Å². The highest BCUT2D eigenvalue weighted by Gasteiger charge is 2.41. The van der Waals surface area contributed by atoms with Crippen molar-refractivity contribution in [3.8, 4) is 22.3 Å². The van der Waals surface area contributed by atoms with Crippen molar-refractivity contribution in [2.75, 3.05) is 9.80 Å². The van der Waals surface area contributed by atoms with Gasteiger partial charge in [-0.1, -0.05) is 146 Å². The minimum absolute atomic E-state index is 0.228. The van der Waals surface area contributed by atoms with Crippen LogP contribution in [0.2, 0.25) is 0 Å². The number of hydrogen-bond donors (Lipinski definition) is 0. The van der Waals surface area contributed by atoms with Crippen molar-refractivity contribution in [1.29, 1.82) is 0 Å². The van der Waals surface area contributed by atoms with E-state index in [1.54, 1.807) is 0 Å². The average molecular weight is 615 g/mol. The molecule has 48 heavy (non-hydrogen) atoms. The molecule has 0 bridgehead atoms. The molecule has 6 aromatic rings. The lowest BCUT2D eigenvalue weighted by molar-refractivity contribution is 0.744. The third-order valence-corrected chi connectivity index (χ3v) is 10.7. The molecule has 2 heteroatoms. The van der Waals surface area contributed by atoms with E-state index in [0.717, 1.165) is 0 Å². The van der Waals surface area contributed by atoms with Crippen LogP contribution >= 0.6 is 0 Å². The molecule has 2 heterocycles. The van der Waals surface area contributed by atoms with Gasteiger partial charge in [-0.25, -0.2) is 0 Å². The van der Waals surface area contributed by atoms with Crippen molar-refractivity contribution in [2.45, 2.75) is 23.9 Å². The van der Waals surface area contributed by atoms with Crippen molar-refractivity contribution < 1.29 is 0 Å². The van der Waals surface area contributed by atoms with Gasteiger partial charge in [0.25, 0.3) is 0 Å². The lowest BCUT2D eigenvalue weighted by atomic mass is 9.88. The molecule has 2 aliphatic heterocycles.